The minimum atomic E-state index is 0.428. The number of hydrogen-bond donors (Lipinski definition) is 1. The van der Waals surface area contributed by atoms with Crippen LogP contribution in [0.5, 0.6) is 0 Å². The molecule has 0 saturated carbocycles. The molecule has 0 spiro atoms. The second-order valence-corrected chi connectivity index (χ2v) is 6.26. The van der Waals surface area contributed by atoms with E-state index in [1.165, 1.54) is 10.2 Å². The molecular formula is C17H19N3S. The molecule has 0 bridgehead atoms. The normalized spacial score (nSPS) is 13.7. The van der Waals surface area contributed by atoms with Crippen molar-refractivity contribution in [2.24, 2.45) is 16.6 Å². The lowest BCUT2D eigenvalue weighted by Gasteiger charge is -2.10. The van der Waals surface area contributed by atoms with Gasteiger partial charge in [-0.05, 0) is 36.7 Å². The van der Waals surface area contributed by atoms with Gasteiger partial charge in [-0.3, -0.25) is 0 Å². The number of para-hydroxylation sites is 2. The largest absolute Gasteiger partial charge is 0.330 e. The molecule has 0 radical (unpaired) electrons. The van der Waals surface area contributed by atoms with Crippen LogP contribution in [0.3, 0.4) is 0 Å². The molecule has 1 heterocycles. The lowest BCUT2D eigenvalue weighted by Crippen LogP contribution is -2.23. The molecule has 1 aromatic heterocycles. The van der Waals surface area contributed by atoms with E-state index in [-0.39, 0.29) is 0 Å². The number of aromatic nitrogens is 1. The SMILES string of the molecule is CC(CN)Cn1c(=Nc2ccccc2)sc2ccccc21. The van der Waals surface area contributed by atoms with Gasteiger partial charge in [-0.2, -0.15) is 0 Å². The van der Waals surface area contributed by atoms with E-state index in [1.54, 1.807) is 11.3 Å². The Labute approximate surface area is 128 Å². The Morgan fingerprint density at radius 2 is 1.81 bits per heavy atom. The molecule has 3 rings (SSSR count). The smallest absolute Gasteiger partial charge is 0.190 e. The minimum absolute atomic E-state index is 0.428. The molecule has 0 aliphatic rings. The van der Waals surface area contributed by atoms with Gasteiger partial charge in [0, 0.05) is 6.54 Å². The highest BCUT2D eigenvalue weighted by atomic mass is 32.1. The van der Waals surface area contributed by atoms with Gasteiger partial charge in [-0.25, -0.2) is 4.99 Å². The number of nitrogens with zero attached hydrogens (tertiary/aromatic N) is 2. The third-order valence-electron chi connectivity index (χ3n) is 3.47. The molecule has 0 aliphatic heterocycles. The van der Waals surface area contributed by atoms with Crippen molar-refractivity contribution < 1.29 is 0 Å². The molecule has 4 heteroatoms. The van der Waals surface area contributed by atoms with Crippen LogP contribution < -0.4 is 10.5 Å². The first-order chi connectivity index (χ1) is 10.3. The highest BCUT2D eigenvalue weighted by Gasteiger charge is 2.08. The molecule has 0 fully saturated rings. The van der Waals surface area contributed by atoms with Crippen molar-refractivity contribution in [2.45, 2.75) is 13.5 Å². The van der Waals surface area contributed by atoms with Gasteiger partial charge in [0.2, 0.25) is 0 Å². The van der Waals surface area contributed by atoms with Crippen molar-refractivity contribution in [2.75, 3.05) is 6.54 Å². The molecule has 2 aromatic carbocycles. The second kappa shape index (κ2) is 6.24. The monoisotopic (exact) mass is 297 g/mol. The fourth-order valence-electron chi connectivity index (χ4n) is 2.28. The molecular weight excluding hydrogens is 278 g/mol. The summed E-state index contributed by atoms with van der Waals surface area (Å²) in [4.78, 5) is 5.84. The van der Waals surface area contributed by atoms with Gasteiger partial charge in [0.05, 0.1) is 15.9 Å². The van der Waals surface area contributed by atoms with Crippen LogP contribution in [-0.2, 0) is 6.54 Å². The number of rotatable bonds is 4. The highest BCUT2D eigenvalue weighted by molar-refractivity contribution is 7.16. The number of benzene rings is 2. The maximum atomic E-state index is 5.79. The van der Waals surface area contributed by atoms with Crippen LogP contribution >= 0.6 is 11.3 Å². The lowest BCUT2D eigenvalue weighted by atomic mass is 10.2. The van der Waals surface area contributed by atoms with Gasteiger partial charge in [0.25, 0.3) is 0 Å². The Kier molecular flexibility index (Phi) is 4.18. The first-order valence-electron chi connectivity index (χ1n) is 7.16. The number of thiazole rings is 1. The van der Waals surface area contributed by atoms with E-state index in [1.807, 2.05) is 30.3 Å². The Morgan fingerprint density at radius 1 is 1.10 bits per heavy atom. The van der Waals surface area contributed by atoms with E-state index >= 15 is 0 Å². The molecule has 3 nitrogen and oxygen atoms in total. The van der Waals surface area contributed by atoms with E-state index < -0.39 is 0 Å². The molecule has 0 amide bonds. The zero-order valence-corrected chi connectivity index (χ0v) is 12.9. The van der Waals surface area contributed by atoms with E-state index in [2.05, 4.69) is 35.8 Å². The molecule has 0 aliphatic carbocycles. The quantitative estimate of drug-likeness (QED) is 0.786. The Balaban J connectivity index is 2.17. The summed E-state index contributed by atoms with van der Waals surface area (Å²) in [5.41, 5.74) is 8.01. The van der Waals surface area contributed by atoms with E-state index in [9.17, 15) is 0 Å². The van der Waals surface area contributed by atoms with E-state index in [0.717, 1.165) is 17.0 Å². The van der Waals surface area contributed by atoms with Crippen molar-refractivity contribution in [1.82, 2.24) is 4.57 Å². The maximum Gasteiger partial charge on any atom is 0.190 e. The van der Waals surface area contributed by atoms with Crippen LogP contribution in [0.1, 0.15) is 6.92 Å². The summed E-state index contributed by atoms with van der Waals surface area (Å²) in [6.45, 7) is 3.75. The predicted molar refractivity (Wildman–Crippen MR) is 89.7 cm³/mol. The number of fused-ring (bicyclic) bond motifs is 1. The van der Waals surface area contributed by atoms with Gasteiger partial charge in [-0.15, -0.1) is 0 Å². The molecule has 3 aromatic rings. The fraction of sp³-hybridized carbons (Fsp3) is 0.235. The van der Waals surface area contributed by atoms with Crippen LogP contribution in [0.2, 0.25) is 0 Å². The van der Waals surface area contributed by atoms with Crippen molar-refractivity contribution in [3.63, 3.8) is 0 Å². The molecule has 108 valence electrons. The van der Waals surface area contributed by atoms with Crippen LogP contribution in [0.25, 0.3) is 10.2 Å². The minimum Gasteiger partial charge on any atom is -0.330 e. The van der Waals surface area contributed by atoms with Crippen LogP contribution in [0.4, 0.5) is 5.69 Å². The van der Waals surface area contributed by atoms with Gasteiger partial charge < -0.3 is 10.3 Å². The van der Waals surface area contributed by atoms with Crippen molar-refractivity contribution in [1.29, 1.82) is 0 Å². The first-order valence-corrected chi connectivity index (χ1v) is 7.98. The second-order valence-electron chi connectivity index (χ2n) is 5.25. The van der Waals surface area contributed by atoms with Gasteiger partial charge >= 0.3 is 0 Å². The van der Waals surface area contributed by atoms with Crippen LogP contribution in [0.15, 0.2) is 59.6 Å². The Bertz CT molecular complexity index is 786. The zero-order chi connectivity index (χ0) is 14.7. The molecule has 1 unspecified atom stereocenters. The van der Waals surface area contributed by atoms with Crippen LogP contribution in [0, 0.1) is 5.92 Å². The first kappa shape index (κ1) is 14.0. The number of hydrogen-bond acceptors (Lipinski definition) is 3. The third-order valence-corrected chi connectivity index (χ3v) is 4.53. The third kappa shape index (κ3) is 3.06. The maximum absolute atomic E-state index is 5.79. The summed E-state index contributed by atoms with van der Waals surface area (Å²) in [5.74, 6) is 0.428. The van der Waals surface area contributed by atoms with Gasteiger partial charge in [0.1, 0.15) is 0 Å². The zero-order valence-electron chi connectivity index (χ0n) is 12.1. The van der Waals surface area contributed by atoms with E-state index in [4.69, 9.17) is 10.7 Å². The summed E-state index contributed by atoms with van der Waals surface area (Å²) in [6.07, 6.45) is 0. The molecule has 21 heavy (non-hydrogen) atoms. The molecule has 1 atom stereocenters. The lowest BCUT2D eigenvalue weighted by molar-refractivity contribution is 0.494. The predicted octanol–water partition coefficient (Wildman–Crippen LogP) is 3.53. The van der Waals surface area contributed by atoms with Gasteiger partial charge in [-0.1, -0.05) is 48.6 Å². The average molecular weight is 297 g/mol. The van der Waals surface area contributed by atoms with Crippen molar-refractivity contribution >= 4 is 27.2 Å². The highest BCUT2D eigenvalue weighted by Crippen LogP contribution is 2.19. The topological polar surface area (TPSA) is 43.3 Å². The number of nitrogens with two attached hydrogens (primary N) is 1. The van der Waals surface area contributed by atoms with Gasteiger partial charge in [0.15, 0.2) is 4.80 Å². The van der Waals surface area contributed by atoms with Crippen molar-refractivity contribution in [3.05, 3.63) is 59.4 Å². The molecule has 2 N–H and O–H groups in total. The van der Waals surface area contributed by atoms with Crippen molar-refractivity contribution in [3.8, 4) is 0 Å². The Morgan fingerprint density at radius 3 is 2.57 bits per heavy atom. The summed E-state index contributed by atoms with van der Waals surface area (Å²) < 4.78 is 3.54. The van der Waals surface area contributed by atoms with Crippen LogP contribution in [-0.4, -0.2) is 11.1 Å². The summed E-state index contributed by atoms with van der Waals surface area (Å²) in [5, 5.41) is 0. The summed E-state index contributed by atoms with van der Waals surface area (Å²) in [6, 6.07) is 18.5. The Hall–Kier alpha value is -1.91. The van der Waals surface area contributed by atoms with E-state index in [0.29, 0.717) is 12.5 Å². The fourth-order valence-corrected chi connectivity index (χ4v) is 3.34. The average Bonchev–Trinajstić information content (AvgIpc) is 2.86. The standard InChI is InChI=1S/C17H19N3S/c1-13(11-18)12-20-15-9-5-6-10-16(15)21-17(20)19-14-7-3-2-4-8-14/h2-10,13H,11-12,18H2,1H3. The molecule has 0 saturated heterocycles. The summed E-state index contributed by atoms with van der Waals surface area (Å²) >= 11 is 1.73. The summed E-state index contributed by atoms with van der Waals surface area (Å²) in [7, 11) is 0.